The van der Waals surface area contributed by atoms with Crippen molar-refractivity contribution in [3.05, 3.63) is 59.2 Å². The number of fused-ring (bicyclic) bond motifs is 5. The summed E-state index contributed by atoms with van der Waals surface area (Å²) in [6.07, 6.45) is 11.9. The molecule has 5 rings (SSSR count). The molecule has 0 nitrogen and oxygen atoms in total. The Morgan fingerprint density at radius 3 is 2.71 bits per heavy atom. The van der Waals surface area contributed by atoms with Crippen LogP contribution in [0.3, 0.4) is 0 Å². The average molecular weight is 274 g/mol. The second-order valence-electron chi connectivity index (χ2n) is 7.70. The number of allylic oxidation sites excluding steroid dienone is 2. The van der Waals surface area contributed by atoms with Crippen LogP contribution in [0.2, 0.25) is 0 Å². The molecule has 0 aliphatic heterocycles. The molecule has 3 aliphatic carbocycles. The van der Waals surface area contributed by atoms with Crippen molar-refractivity contribution in [3.8, 4) is 0 Å². The zero-order chi connectivity index (χ0) is 14.0. The Balaban J connectivity index is 1.61. The van der Waals surface area contributed by atoms with Crippen molar-refractivity contribution in [2.24, 2.45) is 17.3 Å². The highest BCUT2D eigenvalue weighted by Gasteiger charge is 2.49. The molecular formula is C21H22. The lowest BCUT2D eigenvalue weighted by molar-refractivity contribution is 0.195. The van der Waals surface area contributed by atoms with Crippen LogP contribution in [0, 0.1) is 24.2 Å². The van der Waals surface area contributed by atoms with Crippen molar-refractivity contribution in [2.45, 2.75) is 39.0 Å². The van der Waals surface area contributed by atoms with E-state index in [0.29, 0.717) is 5.41 Å². The van der Waals surface area contributed by atoms with Gasteiger partial charge in [-0.3, -0.25) is 0 Å². The van der Waals surface area contributed by atoms with Gasteiger partial charge in [0.2, 0.25) is 0 Å². The number of rotatable bonds is 0. The van der Waals surface area contributed by atoms with Crippen LogP contribution >= 0.6 is 0 Å². The Kier molecular flexibility index (Phi) is 2.29. The molecule has 3 unspecified atom stereocenters. The van der Waals surface area contributed by atoms with Gasteiger partial charge in [0, 0.05) is 0 Å². The topological polar surface area (TPSA) is 0 Å². The lowest BCUT2D eigenvalue weighted by Gasteiger charge is -2.40. The molecule has 2 bridgehead atoms. The average Bonchev–Trinajstić information content (AvgIpc) is 3.06. The summed E-state index contributed by atoms with van der Waals surface area (Å²) in [5.41, 5.74) is 5.23. The predicted molar refractivity (Wildman–Crippen MR) is 88.5 cm³/mol. The van der Waals surface area contributed by atoms with Crippen LogP contribution in [0.4, 0.5) is 0 Å². The van der Waals surface area contributed by atoms with E-state index in [1.807, 2.05) is 0 Å². The summed E-state index contributed by atoms with van der Waals surface area (Å²) in [5, 5.41) is 2.85. The summed E-state index contributed by atoms with van der Waals surface area (Å²) in [6, 6.07) is 11.8. The minimum atomic E-state index is 0.601. The van der Waals surface area contributed by atoms with E-state index in [-0.39, 0.29) is 0 Å². The molecule has 3 aliphatic rings. The fourth-order valence-electron chi connectivity index (χ4n) is 5.30. The third kappa shape index (κ3) is 1.68. The zero-order valence-electron chi connectivity index (χ0n) is 12.7. The number of hydrogen-bond acceptors (Lipinski definition) is 0. The van der Waals surface area contributed by atoms with E-state index in [1.165, 1.54) is 48.4 Å². The second kappa shape index (κ2) is 4.00. The molecule has 106 valence electrons. The van der Waals surface area contributed by atoms with E-state index in [0.717, 1.165) is 11.8 Å². The van der Waals surface area contributed by atoms with Gasteiger partial charge in [-0.25, -0.2) is 0 Å². The van der Waals surface area contributed by atoms with Gasteiger partial charge in [0.25, 0.3) is 0 Å². The van der Waals surface area contributed by atoms with Crippen LogP contribution in [-0.2, 0) is 12.8 Å². The molecule has 3 atom stereocenters. The van der Waals surface area contributed by atoms with Crippen LogP contribution in [0.25, 0.3) is 10.8 Å². The van der Waals surface area contributed by atoms with Crippen molar-refractivity contribution in [2.75, 3.05) is 0 Å². The number of hydrogen-bond donors (Lipinski definition) is 0. The molecule has 2 aromatic carbocycles. The van der Waals surface area contributed by atoms with E-state index >= 15 is 0 Å². The van der Waals surface area contributed by atoms with E-state index < -0.39 is 0 Å². The molecule has 1 saturated carbocycles. The summed E-state index contributed by atoms with van der Waals surface area (Å²) < 4.78 is 0. The number of benzene rings is 2. The van der Waals surface area contributed by atoms with E-state index in [1.54, 1.807) is 11.1 Å². The Morgan fingerprint density at radius 2 is 1.90 bits per heavy atom. The Morgan fingerprint density at radius 1 is 1.00 bits per heavy atom. The molecule has 21 heavy (non-hydrogen) atoms. The van der Waals surface area contributed by atoms with E-state index in [4.69, 9.17) is 0 Å². The normalized spacial score (nSPS) is 33.0. The minimum Gasteiger partial charge on any atom is -0.0851 e. The Hall–Kier alpha value is -1.56. The van der Waals surface area contributed by atoms with Gasteiger partial charge < -0.3 is 0 Å². The van der Waals surface area contributed by atoms with Gasteiger partial charge in [0.05, 0.1) is 0 Å². The van der Waals surface area contributed by atoms with E-state index in [9.17, 15) is 0 Å². The first-order valence-corrected chi connectivity index (χ1v) is 8.42. The van der Waals surface area contributed by atoms with Gasteiger partial charge in [-0.15, -0.1) is 0 Å². The maximum Gasteiger partial charge on any atom is -0.0168 e. The van der Waals surface area contributed by atoms with Gasteiger partial charge in [0.1, 0.15) is 0 Å². The van der Waals surface area contributed by atoms with Crippen LogP contribution in [-0.4, -0.2) is 0 Å². The summed E-state index contributed by atoms with van der Waals surface area (Å²) in [4.78, 5) is 0. The molecule has 0 aromatic heterocycles. The standard InChI is InChI=1S/C21H22/c1-14-2-4-16-10-17-6-7-21(12-15-3-5-20(21)9-15)13-19(17)11-18(16)8-14/h2-5,8,10-11,15,20H,6-7,9,12-13H2,1H3. The SMILES string of the molecule is Cc1ccc2cc3c(cc2c1)CC1(CC3)CC2C=CC1C2. The Labute approximate surface area is 126 Å². The van der Waals surface area contributed by atoms with E-state index in [2.05, 4.69) is 49.4 Å². The smallest absolute Gasteiger partial charge is 0.0168 e. The van der Waals surface area contributed by atoms with Gasteiger partial charge in [-0.2, -0.15) is 0 Å². The molecular weight excluding hydrogens is 252 g/mol. The first kappa shape index (κ1) is 12.0. The second-order valence-corrected chi connectivity index (χ2v) is 7.70. The largest absolute Gasteiger partial charge is 0.0851 e. The summed E-state index contributed by atoms with van der Waals surface area (Å²) in [6.45, 7) is 2.20. The Bertz CT molecular complexity index is 767. The van der Waals surface area contributed by atoms with Gasteiger partial charge in [0.15, 0.2) is 0 Å². The molecule has 1 fully saturated rings. The van der Waals surface area contributed by atoms with Crippen LogP contribution in [0.1, 0.15) is 36.0 Å². The van der Waals surface area contributed by atoms with Crippen LogP contribution in [0.5, 0.6) is 0 Å². The number of aryl methyl sites for hydroxylation is 2. The zero-order valence-corrected chi connectivity index (χ0v) is 12.7. The van der Waals surface area contributed by atoms with Crippen molar-refractivity contribution in [1.82, 2.24) is 0 Å². The summed E-state index contributed by atoms with van der Waals surface area (Å²) >= 11 is 0. The first-order chi connectivity index (χ1) is 10.2. The molecule has 0 N–H and O–H groups in total. The molecule has 0 saturated heterocycles. The highest BCUT2D eigenvalue weighted by Crippen LogP contribution is 2.57. The van der Waals surface area contributed by atoms with Gasteiger partial charge in [-0.1, -0.05) is 48.0 Å². The van der Waals surface area contributed by atoms with Gasteiger partial charge in [-0.05, 0) is 78.2 Å². The molecule has 0 heterocycles. The van der Waals surface area contributed by atoms with Crippen molar-refractivity contribution in [1.29, 1.82) is 0 Å². The van der Waals surface area contributed by atoms with Gasteiger partial charge >= 0.3 is 0 Å². The molecule has 0 amide bonds. The molecule has 2 aromatic rings. The lowest BCUT2D eigenvalue weighted by atomic mass is 9.64. The summed E-state index contributed by atoms with van der Waals surface area (Å²) in [5.74, 6) is 1.75. The third-order valence-corrected chi connectivity index (χ3v) is 6.38. The summed E-state index contributed by atoms with van der Waals surface area (Å²) in [7, 11) is 0. The highest BCUT2D eigenvalue weighted by molar-refractivity contribution is 5.85. The third-order valence-electron chi connectivity index (χ3n) is 6.38. The maximum atomic E-state index is 2.53. The predicted octanol–water partition coefficient (Wildman–Crippen LogP) is 5.22. The molecule has 0 radical (unpaired) electrons. The fraction of sp³-hybridized carbons (Fsp3) is 0.429. The van der Waals surface area contributed by atoms with Crippen molar-refractivity contribution in [3.63, 3.8) is 0 Å². The van der Waals surface area contributed by atoms with Crippen molar-refractivity contribution < 1.29 is 0 Å². The monoisotopic (exact) mass is 274 g/mol. The molecule has 0 heteroatoms. The quantitative estimate of drug-likeness (QED) is 0.578. The fourth-order valence-corrected chi connectivity index (χ4v) is 5.30. The first-order valence-electron chi connectivity index (χ1n) is 8.42. The van der Waals surface area contributed by atoms with Crippen LogP contribution < -0.4 is 0 Å². The highest BCUT2D eigenvalue weighted by atomic mass is 14.5. The van der Waals surface area contributed by atoms with Crippen LogP contribution in [0.15, 0.2) is 42.5 Å². The minimum absolute atomic E-state index is 0.601. The lowest BCUT2D eigenvalue weighted by Crippen LogP contribution is -2.32. The van der Waals surface area contributed by atoms with Crippen molar-refractivity contribution >= 4 is 10.8 Å². The maximum absolute atomic E-state index is 2.53. The molecule has 1 spiro atoms.